The summed E-state index contributed by atoms with van der Waals surface area (Å²) in [5, 5.41) is 5.72. The van der Waals surface area contributed by atoms with Crippen LogP contribution in [0, 0.1) is 5.92 Å². The molecule has 2 N–H and O–H groups in total. The largest absolute Gasteiger partial charge is 0.497 e. The number of hydrogen-bond acceptors (Lipinski definition) is 4. The molecule has 0 radical (unpaired) electrons. The first-order chi connectivity index (χ1) is 16.0. The van der Waals surface area contributed by atoms with E-state index in [0.29, 0.717) is 30.1 Å². The predicted octanol–water partition coefficient (Wildman–Crippen LogP) is 3.62. The van der Waals surface area contributed by atoms with Crippen molar-refractivity contribution in [2.75, 3.05) is 23.9 Å². The lowest BCUT2D eigenvalue weighted by atomic mass is 10.1. The number of nitrogens with zero attached hydrogens (tertiary/aromatic N) is 1. The molecule has 3 aromatic carbocycles. The number of para-hydroxylation sites is 2. The Morgan fingerprint density at radius 3 is 2.55 bits per heavy atom. The fourth-order valence-electron chi connectivity index (χ4n) is 3.83. The highest BCUT2D eigenvalue weighted by Crippen LogP contribution is 2.26. The molecule has 0 aliphatic carbocycles. The van der Waals surface area contributed by atoms with E-state index in [4.69, 9.17) is 4.74 Å². The van der Waals surface area contributed by atoms with E-state index in [1.54, 1.807) is 36.3 Å². The zero-order valence-electron chi connectivity index (χ0n) is 18.3. The number of benzene rings is 3. The molecule has 0 aromatic heterocycles. The standard InChI is InChI=1S/C26H25N3O4/c1-33-21-11-7-8-18(14-21)16-27-26(32)22-12-5-6-13-23(22)28-25(31)19-15-24(30)29(17-19)20-9-3-2-4-10-20/h2-14,19H,15-17H2,1H3,(H,27,32)(H,28,31)/t19-/m1/s1. The number of hydrogen-bond donors (Lipinski definition) is 2. The van der Waals surface area contributed by atoms with Gasteiger partial charge in [0, 0.05) is 25.2 Å². The van der Waals surface area contributed by atoms with Crippen LogP contribution in [0.5, 0.6) is 5.75 Å². The van der Waals surface area contributed by atoms with Gasteiger partial charge in [0.25, 0.3) is 5.91 Å². The van der Waals surface area contributed by atoms with Crippen LogP contribution in [0.15, 0.2) is 78.9 Å². The maximum atomic E-state index is 12.9. The number of rotatable bonds is 7. The maximum Gasteiger partial charge on any atom is 0.253 e. The molecule has 0 unspecified atom stereocenters. The number of anilines is 2. The van der Waals surface area contributed by atoms with Gasteiger partial charge < -0.3 is 20.3 Å². The van der Waals surface area contributed by atoms with Crippen molar-refractivity contribution in [3.8, 4) is 5.75 Å². The second-order valence-corrected chi connectivity index (χ2v) is 7.81. The van der Waals surface area contributed by atoms with Gasteiger partial charge in [0.15, 0.2) is 0 Å². The second-order valence-electron chi connectivity index (χ2n) is 7.81. The first kappa shape index (κ1) is 22.1. The molecule has 7 nitrogen and oxygen atoms in total. The lowest BCUT2D eigenvalue weighted by molar-refractivity contribution is -0.122. The Labute approximate surface area is 192 Å². The Kier molecular flexibility index (Phi) is 6.69. The van der Waals surface area contributed by atoms with Crippen LogP contribution in [-0.2, 0) is 16.1 Å². The Balaban J connectivity index is 1.41. The Bertz CT molecular complexity index is 1160. The zero-order valence-corrected chi connectivity index (χ0v) is 18.3. The molecule has 1 atom stereocenters. The van der Waals surface area contributed by atoms with Gasteiger partial charge in [-0.25, -0.2) is 0 Å². The summed E-state index contributed by atoms with van der Waals surface area (Å²) in [5.74, 6) is -0.460. The van der Waals surface area contributed by atoms with Gasteiger partial charge in [0.2, 0.25) is 11.8 Å². The molecule has 4 rings (SSSR count). The average Bonchev–Trinajstić information content (AvgIpc) is 3.25. The lowest BCUT2D eigenvalue weighted by Gasteiger charge is -2.17. The number of methoxy groups -OCH3 is 1. The third-order valence-electron chi connectivity index (χ3n) is 5.58. The summed E-state index contributed by atoms with van der Waals surface area (Å²) in [5.41, 5.74) is 2.44. The Hall–Kier alpha value is -4.13. The van der Waals surface area contributed by atoms with Crippen molar-refractivity contribution in [2.45, 2.75) is 13.0 Å². The predicted molar refractivity (Wildman–Crippen MR) is 126 cm³/mol. The van der Waals surface area contributed by atoms with Gasteiger partial charge in [-0.2, -0.15) is 0 Å². The number of nitrogens with one attached hydrogen (secondary N) is 2. The first-order valence-corrected chi connectivity index (χ1v) is 10.7. The van der Waals surface area contributed by atoms with E-state index >= 15 is 0 Å². The van der Waals surface area contributed by atoms with Gasteiger partial charge in [-0.3, -0.25) is 14.4 Å². The van der Waals surface area contributed by atoms with E-state index in [2.05, 4.69) is 10.6 Å². The van der Waals surface area contributed by atoms with E-state index in [1.165, 1.54) is 0 Å². The van der Waals surface area contributed by atoms with Crippen molar-refractivity contribution in [3.63, 3.8) is 0 Å². The summed E-state index contributed by atoms with van der Waals surface area (Å²) in [7, 11) is 1.59. The molecule has 0 spiro atoms. The average molecular weight is 444 g/mol. The van der Waals surface area contributed by atoms with Crippen molar-refractivity contribution in [1.82, 2.24) is 5.32 Å². The highest BCUT2D eigenvalue weighted by molar-refractivity contribution is 6.07. The Morgan fingerprint density at radius 2 is 1.76 bits per heavy atom. The van der Waals surface area contributed by atoms with Gasteiger partial charge in [0.1, 0.15) is 5.75 Å². The highest BCUT2D eigenvalue weighted by atomic mass is 16.5. The summed E-state index contributed by atoms with van der Waals surface area (Å²) < 4.78 is 5.21. The van der Waals surface area contributed by atoms with E-state index < -0.39 is 5.92 Å². The second kappa shape index (κ2) is 9.99. The van der Waals surface area contributed by atoms with Crippen LogP contribution in [0.25, 0.3) is 0 Å². The summed E-state index contributed by atoms with van der Waals surface area (Å²) in [4.78, 5) is 39.8. The normalized spacial score (nSPS) is 15.2. The number of carbonyl (C=O) groups excluding carboxylic acids is 3. The molecular weight excluding hydrogens is 418 g/mol. The maximum absolute atomic E-state index is 12.9. The minimum absolute atomic E-state index is 0.0920. The smallest absolute Gasteiger partial charge is 0.253 e. The molecule has 3 aromatic rings. The van der Waals surface area contributed by atoms with Crippen molar-refractivity contribution in [2.24, 2.45) is 5.92 Å². The van der Waals surface area contributed by atoms with Crippen molar-refractivity contribution in [1.29, 1.82) is 0 Å². The van der Waals surface area contributed by atoms with Crippen LogP contribution in [0.4, 0.5) is 11.4 Å². The van der Waals surface area contributed by atoms with E-state index in [0.717, 1.165) is 11.3 Å². The van der Waals surface area contributed by atoms with Crippen molar-refractivity contribution < 1.29 is 19.1 Å². The summed E-state index contributed by atoms with van der Waals surface area (Å²) >= 11 is 0. The fourth-order valence-corrected chi connectivity index (χ4v) is 3.83. The molecule has 0 saturated carbocycles. The highest BCUT2D eigenvalue weighted by Gasteiger charge is 2.35. The summed E-state index contributed by atoms with van der Waals surface area (Å²) in [6.07, 6.45) is 0.130. The van der Waals surface area contributed by atoms with Crippen molar-refractivity contribution in [3.05, 3.63) is 90.0 Å². The minimum Gasteiger partial charge on any atom is -0.497 e. The van der Waals surface area contributed by atoms with Crippen LogP contribution in [-0.4, -0.2) is 31.4 Å². The van der Waals surface area contributed by atoms with Crippen LogP contribution in [0.2, 0.25) is 0 Å². The number of ether oxygens (including phenoxy) is 1. The monoisotopic (exact) mass is 443 g/mol. The molecule has 7 heteroatoms. The van der Waals surface area contributed by atoms with Crippen LogP contribution in [0.3, 0.4) is 0 Å². The number of amides is 3. The van der Waals surface area contributed by atoms with Crippen LogP contribution in [0.1, 0.15) is 22.3 Å². The van der Waals surface area contributed by atoms with Gasteiger partial charge >= 0.3 is 0 Å². The van der Waals surface area contributed by atoms with Crippen LogP contribution >= 0.6 is 0 Å². The fraction of sp³-hybridized carbons (Fsp3) is 0.192. The third kappa shape index (κ3) is 5.20. The molecule has 0 bridgehead atoms. The molecule has 3 amide bonds. The first-order valence-electron chi connectivity index (χ1n) is 10.7. The van der Waals surface area contributed by atoms with Crippen molar-refractivity contribution >= 4 is 29.1 Å². The number of carbonyl (C=O) groups is 3. The zero-order chi connectivity index (χ0) is 23.2. The van der Waals surface area contributed by atoms with Gasteiger partial charge in [0.05, 0.1) is 24.3 Å². The van der Waals surface area contributed by atoms with E-state index in [-0.39, 0.29) is 24.1 Å². The topological polar surface area (TPSA) is 87.7 Å². The van der Waals surface area contributed by atoms with Gasteiger partial charge in [-0.05, 0) is 42.0 Å². The molecule has 33 heavy (non-hydrogen) atoms. The molecular formula is C26H25N3O4. The molecule has 1 fully saturated rings. The Morgan fingerprint density at radius 1 is 1.00 bits per heavy atom. The van der Waals surface area contributed by atoms with Gasteiger partial charge in [-0.1, -0.05) is 42.5 Å². The van der Waals surface area contributed by atoms with E-state index in [1.807, 2.05) is 54.6 Å². The SMILES string of the molecule is COc1cccc(CNC(=O)c2ccccc2NC(=O)[C@@H]2CC(=O)N(c3ccccc3)C2)c1. The third-order valence-corrected chi connectivity index (χ3v) is 5.58. The van der Waals surface area contributed by atoms with Crippen LogP contribution < -0.4 is 20.3 Å². The molecule has 1 aliphatic heterocycles. The van der Waals surface area contributed by atoms with E-state index in [9.17, 15) is 14.4 Å². The van der Waals surface area contributed by atoms with Gasteiger partial charge in [-0.15, -0.1) is 0 Å². The molecule has 1 heterocycles. The minimum atomic E-state index is -0.495. The lowest BCUT2D eigenvalue weighted by Crippen LogP contribution is -2.29. The quantitative estimate of drug-likeness (QED) is 0.584. The summed E-state index contributed by atoms with van der Waals surface area (Å²) in [6.45, 7) is 0.625. The molecule has 1 aliphatic rings. The summed E-state index contributed by atoms with van der Waals surface area (Å²) in [6, 6.07) is 23.6. The molecule has 168 valence electrons. The molecule has 1 saturated heterocycles.